The zero-order valence-corrected chi connectivity index (χ0v) is 8.22. The molecule has 0 aromatic heterocycles. The summed E-state index contributed by atoms with van der Waals surface area (Å²) in [5.41, 5.74) is -1.20. The van der Waals surface area contributed by atoms with E-state index in [1.807, 2.05) is 13.8 Å². The summed E-state index contributed by atoms with van der Waals surface area (Å²) in [4.78, 5) is 23.1. The fraction of sp³-hybridized carbons (Fsp3) is 0.800. The molecule has 0 N–H and O–H groups in total. The molecule has 0 aromatic carbocycles. The van der Waals surface area contributed by atoms with E-state index in [1.54, 1.807) is 6.92 Å². The number of carbonyl (C=O) groups is 2. The number of ketones is 1. The van der Waals surface area contributed by atoms with E-state index in [9.17, 15) is 9.59 Å². The van der Waals surface area contributed by atoms with Crippen molar-refractivity contribution in [3.63, 3.8) is 0 Å². The van der Waals surface area contributed by atoms with Gasteiger partial charge >= 0.3 is 5.97 Å². The van der Waals surface area contributed by atoms with Crippen molar-refractivity contribution in [1.29, 1.82) is 0 Å². The number of ether oxygens (including phenoxy) is 1. The summed E-state index contributed by atoms with van der Waals surface area (Å²) < 4.78 is 5.21. The molecule has 1 saturated carbocycles. The highest BCUT2D eigenvalue weighted by molar-refractivity contribution is 5.96. The van der Waals surface area contributed by atoms with Gasteiger partial charge in [-0.1, -0.05) is 13.8 Å². The molecular formula is C10H14O3. The van der Waals surface area contributed by atoms with Crippen LogP contribution in [0.4, 0.5) is 0 Å². The van der Waals surface area contributed by atoms with Crippen LogP contribution in [-0.4, -0.2) is 17.4 Å². The van der Waals surface area contributed by atoms with E-state index in [4.69, 9.17) is 4.74 Å². The van der Waals surface area contributed by atoms with Crippen LogP contribution in [0.2, 0.25) is 0 Å². The van der Waals surface area contributed by atoms with Gasteiger partial charge in [-0.05, 0) is 13.3 Å². The normalized spacial score (nSPS) is 41.9. The third-order valence-electron chi connectivity index (χ3n) is 3.88. The molecule has 0 aromatic rings. The predicted octanol–water partition coefficient (Wildman–Crippen LogP) is 1.31. The Bertz CT molecular complexity index is 293. The first kappa shape index (κ1) is 8.73. The Morgan fingerprint density at radius 3 is 2.46 bits per heavy atom. The second-order valence-corrected chi connectivity index (χ2v) is 4.69. The third-order valence-corrected chi connectivity index (χ3v) is 3.88. The lowest BCUT2D eigenvalue weighted by Gasteiger charge is -2.39. The van der Waals surface area contributed by atoms with Crippen molar-refractivity contribution in [2.45, 2.75) is 39.2 Å². The third kappa shape index (κ3) is 0.798. The molecule has 1 saturated heterocycles. The van der Waals surface area contributed by atoms with Crippen molar-refractivity contribution in [2.75, 3.05) is 0 Å². The molecule has 2 atom stereocenters. The van der Waals surface area contributed by atoms with Crippen molar-refractivity contribution < 1.29 is 14.3 Å². The minimum atomic E-state index is -0.868. The highest BCUT2D eigenvalue weighted by Gasteiger charge is 2.64. The number of carbonyl (C=O) groups excluding carboxylic acids is 2. The molecule has 0 spiro atoms. The first-order valence-corrected chi connectivity index (χ1v) is 4.66. The fourth-order valence-corrected chi connectivity index (χ4v) is 2.44. The van der Waals surface area contributed by atoms with Crippen molar-refractivity contribution in [3.05, 3.63) is 0 Å². The van der Waals surface area contributed by atoms with Crippen molar-refractivity contribution >= 4 is 11.8 Å². The fourth-order valence-electron chi connectivity index (χ4n) is 2.44. The minimum Gasteiger partial charge on any atom is -0.451 e. The van der Waals surface area contributed by atoms with Gasteiger partial charge in [-0.3, -0.25) is 9.59 Å². The molecule has 0 radical (unpaired) electrons. The van der Waals surface area contributed by atoms with E-state index < -0.39 is 5.60 Å². The zero-order chi connectivity index (χ0) is 9.85. The molecule has 2 bridgehead atoms. The number of fused-ring (bicyclic) bond motifs is 2. The molecule has 0 amide bonds. The van der Waals surface area contributed by atoms with Gasteiger partial charge in [-0.15, -0.1) is 0 Å². The quantitative estimate of drug-likeness (QED) is 0.530. The van der Waals surface area contributed by atoms with Crippen LogP contribution in [0.25, 0.3) is 0 Å². The zero-order valence-electron chi connectivity index (χ0n) is 8.22. The standard InChI is InChI=1S/C10H14O3/c1-9(2)6-4-5-7(11)10(9,3)13-8(6)12/h6H,4-5H2,1-3H3/t6-,10+/m0/s1. The van der Waals surface area contributed by atoms with Gasteiger partial charge in [0.05, 0.1) is 5.92 Å². The van der Waals surface area contributed by atoms with E-state index in [1.165, 1.54) is 0 Å². The molecule has 1 heterocycles. The summed E-state index contributed by atoms with van der Waals surface area (Å²) in [6.07, 6.45) is 1.14. The molecule has 2 fully saturated rings. The average Bonchev–Trinajstić information content (AvgIpc) is 2.13. The molecular weight excluding hydrogens is 168 g/mol. The van der Waals surface area contributed by atoms with Gasteiger partial charge in [0.1, 0.15) is 0 Å². The summed E-state index contributed by atoms with van der Waals surface area (Å²) in [5.74, 6) is -0.215. The molecule has 13 heavy (non-hydrogen) atoms. The summed E-state index contributed by atoms with van der Waals surface area (Å²) in [6.45, 7) is 5.63. The molecule has 2 aliphatic rings. The van der Waals surface area contributed by atoms with Crippen LogP contribution < -0.4 is 0 Å². The van der Waals surface area contributed by atoms with Crippen molar-refractivity contribution in [1.82, 2.24) is 0 Å². The number of esters is 1. The van der Waals surface area contributed by atoms with Gasteiger partial charge in [-0.25, -0.2) is 0 Å². The summed E-state index contributed by atoms with van der Waals surface area (Å²) in [6, 6.07) is 0. The van der Waals surface area contributed by atoms with Gasteiger partial charge in [0.25, 0.3) is 0 Å². The molecule has 3 nitrogen and oxygen atoms in total. The molecule has 3 heteroatoms. The Hall–Kier alpha value is -0.860. The predicted molar refractivity (Wildman–Crippen MR) is 46.0 cm³/mol. The molecule has 2 rings (SSSR count). The summed E-state index contributed by atoms with van der Waals surface area (Å²) >= 11 is 0. The maximum Gasteiger partial charge on any atom is 0.310 e. The highest BCUT2D eigenvalue weighted by Crippen LogP contribution is 2.53. The van der Waals surface area contributed by atoms with Gasteiger partial charge in [0.2, 0.25) is 0 Å². The number of hydrogen-bond acceptors (Lipinski definition) is 3. The SMILES string of the molecule is CC1(C)[C@H]2CCC(=O)[C@@]1(C)OC2=O. The Kier molecular flexibility index (Phi) is 1.44. The second kappa shape index (κ2) is 2.14. The van der Waals surface area contributed by atoms with Crippen LogP contribution in [-0.2, 0) is 14.3 Å². The Morgan fingerprint density at radius 2 is 1.92 bits per heavy atom. The molecule has 1 aliphatic heterocycles. The first-order chi connectivity index (χ1) is 5.89. The van der Waals surface area contributed by atoms with Crippen molar-refractivity contribution in [2.24, 2.45) is 11.3 Å². The molecule has 72 valence electrons. The van der Waals surface area contributed by atoms with Crippen LogP contribution in [0, 0.1) is 11.3 Å². The number of hydrogen-bond donors (Lipinski definition) is 0. The number of Topliss-reactive ketones (excluding diaryl/α,β-unsaturated/α-hetero) is 1. The number of rotatable bonds is 0. The summed E-state index contributed by atoms with van der Waals surface area (Å²) in [5, 5.41) is 0. The smallest absolute Gasteiger partial charge is 0.310 e. The van der Waals surface area contributed by atoms with E-state index >= 15 is 0 Å². The van der Waals surface area contributed by atoms with Crippen LogP contribution in [0.3, 0.4) is 0 Å². The van der Waals surface area contributed by atoms with Gasteiger partial charge in [-0.2, -0.15) is 0 Å². The average molecular weight is 182 g/mol. The van der Waals surface area contributed by atoms with Gasteiger partial charge < -0.3 is 4.74 Å². The van der Waals surface area contributed by atoms with Crippen molar-refractivity contribution in [3.8, 4) is 0 Å². The maximum atomic E-state index is 11.7. The van der Waals surface area contributed by atoms with E-state index in [-0.39, 0.29) is 23.1 Å². The van der Waals surface area contributed by atoms with E-state index in [2.05, 4.69) is 0 Å². The lowest BCUT2D eigenvalue weighted by molar-refractivity contribution is -0.159. The lowest BCUT2D eigenvalue weighted by atomic mass is 9.62. The molecule has 0 unspecified atom stereocenters. The highest BCUT2D eigenvalue weighted by atomic mass is 16.6. The maximum absolute atomic E-state index is 11.7. The Balaban J connectivity index is 2.52. The Labute approximate surface area is 77.4 Å². The van der Waals surface area contributed by atoms with Crippen LogP contribution >= 0.6 is 0 Å². The summed E-state index contributed by atoms with van der Waals surface area (Å²) in [7, 11) is 0. The topological polar surface area (TPSA) is 43.4 Å². The first-order valence-electron chi connectivity index (χ1n) is 4.66. The van der Waals surface area contributed by atoms with Gasteiger partial charge in [0.15, 0.2) is 11.4 Å². The Morgan fingerprint density at radius 1 is 1.31 bits per heavy atom. The van der Waals surface area contributed by atoms with E-state index in [0.717, 1.165) is 0 Å². The van der Waals surface area contributed by atoms with Gasteiger partial charge in [0, 0.05) is 11.8 Å². The molecule has 1 aliphatic carbocycles. The largest absolute Gasteiger partial charge is 0.451 e. The monoisotopic (exact) mass is 182 g/mol. The lowest BCUT2D eigenvalue weighted by Crippen LogP contribution is -2.51. The minimum absolute atomic E-state index is 0.0691. The second-order valence-electron chi connectivity index (χ2n) is 4.69. The van der Waals surface area contributed by atoms with Crippen LogP contribution in [0.5, 0.6) is 0 Å². The van der Waals surface area contributed by atoms with Crippen LogP contribution in [0.1, 0.15) is 33.6 Å². The van der Waals surface area contributed by atoms with E-state index in [0.29, 0.717) is 12.8 Å². The van der Waals surface area contributed by atoms with Crippen LogP contribution in [0.15, 0.2) is 0 Å².